The van der Waals surface area contributed by atoms with Gasteiger partial charge in [-0.2, -0.15) is 0 Å². The van der Waals surface area contributed by atoms with Crippen LogP contribution in [0.1, 0.15) is 22.3 Å². The summed E-state index contributed by atoms with van der Waals surface area (Å²) in [5.74, 6) is 2.47. The number of aryl methyl sites for hydroxylation is 4. The first-order chi connectivity index (χ1) is 21.3. The highest BCUT2D eigenvalue weighted by atomic mass is 15.5. The molecule has 6 aromatic rings. The van der Waals surface area contributed by atoms with Crippen molar-refractivity contribution < 1.29 is 0 Å². The highest BCUT2D eigenvalue weighted by Gasteiger charge is 2.63. The van der Waals surface area contributed by atoms with Crippen LogP contribution in [0.2, 0.25) is 0 Å². The summed E-state index contributed by atoms with van der Waals surface area (Å²) in [6.07, 6.45) is 0. The first-order valence-electron chi connectivity index (χ1n) is 14.6. The highest BCUT2D eigenvalue weighted by molar-refractivity contribution is 6.02. The molecule has 8 rings (SSSR count). The van der Waals surface area contributed by atoms with Crippen molar-refractivity contribution in [1.82, 2.24) is 29.7 Å². The predicted octanol–water partition coefficient (Wildman–Crippen LogP) is 5.23. The molecule has 0 amide bonds. The molecular formula is C34H32N10. The molecule has 44 heavy (non-hydrogen) atoms. The van der Waals surface area contributed by atoms with Crippen LogP contribution in [-0.4, -0.2) is 31.0 Å². The zero-order chi connectivity index (χ0) is 30.1. The first-order valence-corrected chi connectivity index (χ1v) is 14.6. The smallest absolute Gasteiger partial charge is 0.228 e. The topological polar surface area (TPSA) is 108 Å². The quantitative estimate of drug-likeness (QED) is 0.228. The number of hydrogen-bond donors (Lipinski definition) is 4. The van der Waals surface area contributed by atoms with Gasteiger partial charge in [0, 0.05) is 25.2 Å². The third-order valence-electron chi connectivity index (χ3n) is 8.66. The molecule has 218 valence electrons. The third kappa shape index (κ3) is 3.80. The van der Waals surface area contributed by atoms with Gasteiger partial charge in [0.2, 0.25) is 29.5 Å². The average Bonchev–Trinajstić information content (AvgIpc) is 3.71. The average molecular weight is 581 g/mol. The van der Waals surface area contributed by atoms with Gasteiger partial charge in [-0.25, -0.2) is 20.0 Å². The normalized spacial score (nSPS) is 20.6. The lowest BCUT2D eigenvalue weighted by atomic mass is 9.82. The number of fused-ring (bicyclic) bond motifs is 3. The van der Waals surface area contributed by atoms with E-state index in [1.54, 1.807) is 0 Å². The lowest BCUT2D eigenvalue weighted by molar-refractivity contribution is 0.234. The largest absolute Gasteiger partial charge is 0.325 e. The summed E-state index contributed by atoms with van der Waals surface area (Å²) in [5, 5.41) is 14.4. The van der Waals surface area contributed by atoms with Crippen molar-refractivity contribution >= 4 is 45.9 Å². The fraction of sp³-hybridized carbons (Fsp3) is 0.176. The molecule has 0 unspecified atom stereocenters. The van der Waals surface area contributed by atoms with E-state index in [1.165, 1.54) is 5.56 Å². The van der Waals surface area contributed by atoms with E-state index >= 15 is 0 Å². The second kappa shape index (κ2) is 9.43. The molecule has 2 aliphatic heterocycles. The molecule has 0 saturated heterocycles. The summed E-state index contributed by atoms with van der Waals surface area (Å²) in [5.41, 5.74) is 6.05. The molecule has 10 heteroatoms. The van der Waals surface area contributed by atoms with Crippen LogP contribution >= 0.6 is 0 Å². The number of aliphatic imine (C=N–C) groups is 2. The Morgan fingerprint density at radius 2 is 1.00 bits per heavy atom. The number of nitrogens with zero attached hydrogens (tertiary/aromatic N) is 6. The fourth-order valence-electron chi connectivity index (χ4n) is 6.26. The molecule has 4 heterocycles. The van der Waals surface area contributed by atoms with Crippen LogP contribution in [0, 0.1) is 13.8 Å². The number of imidazole rings is 2. The summed E-state index contributed by atoms with van der Waals surface area (Å²) >= 11 is 0. The molecule has 10 nitrogen and oxygen atoms in total. The van der Waals surface area contributed by atoms with Crippen molar-refractivity contribution in [2.45, 2.75) is 25.2 Å². The van der Waals surface area contributed by atoms with Crippen LogP contribution in [0.25, 0.3) is 22.1 Å². The number of rotatable bonds is 4. The van der Waals surface area contributed by atoms with Crippen molar-refractivity contribution in [1.29, 1.82) is 0 Å². The van der Waals surface area contributed by atoms with E-state index in [0.29, 0.717) is 23.8 Å². The van der Waals surface area contributed by atoms with Crippen LogP contribution in [0.5, 0.6) is 0 Å². The van der Waals surface area contributed by atoms with Gasteiger partial charge in [-0.1, -0.05) is 83.9 Å². The summed E-state index contributed by atoms with van der Waals surface area (Å²) in [7, 11) is 3.99. The van der Waals surface area contributed by atoms with E-state index in [1.807, 2.05) is 59.6 Å². The minimum absolute atomic E-state index is 0.558. The number of benzene rings is 4. The second-order valence-electron chi connectivity index (χ2n) is 11.5. The van der Waals surface area contributed by atoms with Gasteiger partial charge in [-0.15, -0.1) is 0 Å². The number of para-hydroxylation sites is 4. The van der Waals surface area contributed by atoms with E-state index < -0.39 is 11.3 Å². The van der Waals surface area contributed by atoms with Gasteiger partial charge in [-0.3, -0.25) is 10.6 Å². The zero-order valence-corrected chi connectivity index (χ0v) is 24.9. The molecular weight excluding hydrogens is 548 g/mol. The summed E-state index contributed by atoms with van der Waals surface area (Å²) in [4.78, 5) is 20.4. The van der Waals surface area contributed by atoms with E-state index in [0.717, 1.165) is 38.8 Å². The van der Waals surface area contributed by atoms with E-state index in [-0.39, 0.29) is 0 Å². The fourth-order valence-corrected chi connectivity index (χ4v) is 6.26. The number of aromatic nitrogens is 4. The molecule has 0 saturated carbocycles. The molecule has 0 bridgehead atoms. The van der Waals surface area contributed by atoms with Gasteiger partial charge < -0.3 is 19.8 Å². The molecule has 0 atom stereocenters. The predicted molar refractivity (Wildman–Crippen MR) is 176 cm³/mol. The molecule has 0 spiro atoms. The maximum Gasteiger partial charge on any atom is 0.228 e. The summed E-state index contributed by atoms with van der Waals surface area (Å²) in [6.45, 7) is 4.17. The Kier molecular flexibility index (Phi) is 5.58. The Bertz CT molecular complexity index is 2010. The minimum Gasteiger partial charge on any atom is -0.325 e. The minimum atomic E-state index is -1.10. The Hall–Kier alpha value is -5.64. The number of hydrogen-bond acceptors (Lipinski definition) is 8. The maximum atomic E-state index is 5.34. The standard InChI is InChI=1S/C34H32N10/c1-21-13-17-23(18-14-21)33-34(24-19-15-22(2)16-20-24,41-29(39-33)37-31-35-25-9-5-7-11-27(25)43(31)3)42-30(40-33)38-32-36-26-10-6-8-12-28(26)44(32)4/h5-20H,1-4H3,(H2,35,37,39,41)(H2,36,38,40,42). The monoisotopic (exact) mass is 580 g/mol. The van der Waals surface area contributed by atoms with E-state index in [9.17, 15) is 0 Å². The lowest BCUT2D eigenvalue weighted by Gasteiger charge is -2.37. The Balaban J connectivity index is 1.29. The molecule has 4 N–H and O–H groups in total. The number of anilines is 2. The first kappa shape index (κ1) is 26.0. The molecule has 2 aliphatic rings. The Labute approximate surface area is 254 Å². The molecule has 0 aliphatic carbocycles. The van der Waals surface area contributed by atoms with Gasteiger partial charge in [0.05, 0.1) is 22.1 Å². The van der Waals surface area contributed by atoms with E-state index in [4.69, 9.17) is 20.0 Å². The van der Waals surface area contributed by atoms with Crippen LogP contribution < -0.4 is 21.3 Å². The Morgan fingerprint density at radius 1 is 0.568 bits per heavy atom. The van der Waals surface area contributed by atoms with Crippen LogP contribution in [-0.2, 0) is 25.4 Å². The summed E-state index contributed by atoms with van der Waals surface area (Å²) in [6, 6.07) is 33.0. The lowest BCUT2D eigenvalue weighted by Crippen LogP contribution is -2.60. The maximum absolute atomic E-state index is 5.34. The molecule has 4 aromatic carbocycles. The Morgan fingerprint density at radius 3 is 1.45 bits per heavy atom. The van der Waals surface area contributed by atoms with Crippen molar-refractivity contribution in [2.75, 3.05) is 10.6 Å². The van der Waals surface area contributed by atoms with Gasteiger partial charge in [0.25, 0.3) is 0 Å². The number of guanidine groups is 2. The summed E-state index contributed by atoms with van der Waals surface area (Å²) < 4.78 is 4.06. The van der Waals surface area contributed by atoms with Gasteiger partial charge in [-0.05, 0) is 38.1 Å². The molecule has 0 radical (unpaired) electrons. The van der Waals surface area contributed by atoms with Crippen LogP contribution in [0.4, 0.5) is 11.9 Å². The SMILES string of the molecule is Cc1ccc(C23N=C(Nc4nc5ccccc5n4C)NC2(c2ccc(C)cc2)NC(Nc2nc4ccccc4n2C)=N3)cc1. The van der Waals surface area contributed by atoms with Crippen LogP contribution in [0.15, 0.2) is 107 Å². The van der Waals surface area contributed by atoms with Gasteiger partial charge in [0.15, 0.2) is 5.66 Å². The molecule has 0 fully saturated rings. The van der Waals surface area contributed by atoms with Crippen molar-refractivity contribution in [3.63, 3.8) is 0 Å². The van der Waals surface area contributed by atoms with Crippen molar-refractivity contribution in [2.24, 2.45) is 24.1 Å². The third-order valence-corrected chi connectivity index (χ3v) is 8.66. The molecule has 2 aromatic heterocycles. The number of nitrogens with one attached hydrogen (secondary N) is 4. The zero-order valence-electron chi connectivity index (χ0n) is 24.9. The van der Waals surface area contributed by atoms with Crippen molar-refractivity contribution in [3.05, 3.63) is 119 Å². The van der Waals surface area contributed by atoms with Gasteiger partial charge in [0.1, 0.15) is 0 Å². The second-order valence-corrected chi connectivity index (χ2v) is 11.5. The highest BCUT2D eigenvalue weighted by Crippen LogP contribution is 2.50. The van der Waals surface area contributed by atoms with E-state index in [2.05, 4.69) is 95.8 Å². The van der Waals surface area contributed by atoms with Gasteiger partial charge >= 0.3 is 0 Å². The van der Waals surface area contributed by atoms with Crippen molar-refractivity contribution in [3.8, 4) is 0 Å². The van der Waals surface area contributed by atoms with Crippen LogP contribution in [0.3, 0.4) is 0 Å².